The van der Waals surface area contributed by atoms with Gasteiger partial charge < -0.3 is 38.4 Å². The third-order valence-electron chi connectivity index (χ3n) is 14.7. The van der Waals surface area contributed by atoms with Gasteiger partial charge in [0.1, 0.15) is 18.2 Å². The second-order valence-electron chi connectivity index (χ2n) is 21.8. The molecule has 3 heterocycles. The Labute approximate surface area is 392 Å². The monoisotopic (exact) mass is 935 g/mol. The van der Waals surface area contributed by atoms with Crippen LogP contribution >= 0.6 is 0 Å². The molecule has 8 atom stereocenters. The van der Waals surface area contributed by atoms with Crippen molar-refractivity contribution in [2.24, 2.45) is 11.8 Å². The zero-order chi connectivity index (χ0) is 48.2. The molecule has 0 saturated carbocycles. The SMILES string of the molecule is C/C(=C\C(=O)OCCCCCCCC(=O)N[C@H]1CCCNC1=O)[C@@H](O[Si](C(C)C)(C(C)C)C(C)C)[C@@H]1OC[C@H](C/C=C/[C@@H](C)[C@H](C)O[Si](C(C)C)(C(C)C)C(C)C)[C@H]2OC(C)(C)O[C@H]21. The summed E-state index contributed by atoms with van der Waals surface area (Å²) in [5, 5.41) is 5.67. The van der Waals surface area contributed by atoms with Crippen LogP contribution in [0.4, 0.5) is 0 Å². The third kappa shape index (κ3) is 14.8. The van der Waals surface area contributed by atoms with E-state index in [4.69, 9.17) is 27.8 Å². The number of hydrogen-bond donors (Lipinski definition) is 2. The molecule has 0 spiro atoms. The molecule has 3 aliphatic rings. The van der Waals surface area contributed by atoms with E-state index in [1.165, 1.54) is 0 Å². The number of unbranched alkanes of at least 4 members (excludes halogenated alkanes) is 4. The standard InChI is InChI=1S/C51H94N2O9Si2/c1-33(2)63(34(3)4,35(5)6)61-41(15)39(13)25-23-26-42-32-58-48(49-47(42)59-51(16,17)60-49)46(62-64(36(7)8,37(9)10)38(11)12)40(14)31-45(55)57-30-22-20-18-19-21-28-44(54)53-43-27-24-29-52-50(43)56/h23,25,31,33-39,41-43,46-49H,18-22,24,26-30,32H2,1-17H3,(H,52,56)(H,53,54)/b25-23+,40-31+/t39-,41+,42+,43+,46-,47-,48+,49-/m1/s1. The van der Waals surface area contributed by atoms with Crippen molar-refractivity contribution in [2.45, 2.75) is 251 Å². The average Bonchev–Trinajstić information content (AvgIpc) is 3.53. The summed E-state index contributed by atoms with van der Waals surface area (Å²) >= 11 is 0. The number of ether oxygens (including phenoxy) is 4. The van der Waals surface area contributed by atoms with Gasteiger partial charge in [-0.05, 0) is 105 Å². The van der Waals surface area contributed by atoms with Gasteiger partial charge in [0.2, 0.25) is 28.4 Å². The van der Waals surface area contributed by atoms with Crippen LogP contribution in [0.1, 0.15) is 175 Å². The van der Waals surface area contributed by atoms with Gasteiger partial charge in [0, 0.05) is 31.1 Å². The van der Waals surface area contributed by atoms with Crippen molar-refractivity contribution in [2.75, 3.05) is 19.8 Å². The van der Waals surface area contributed by atoms with E-state index in [-0.39, 0.29) is 41.8 Å². The molecule has 13 heteroatoms. The number of esters is 1. The number of piperidine rings is 1. The quantitative estimate of drug-likeness (QED) is 0.0286. The van der Waals surface area contributed by atoms with Gasteiger partial charge in [-0.2, -0.15) is 0 Å². The molecule has 0 aromatic rings. The van der Waals surface area contributed by atoms with Gasteiger partial charge in [-0.25, -0.2) is 4.79 Å². The molecular weight excluding hydrogens is 841 g/mol. The Morgan fingerprint density at radius 1 is 0.797 bits per heavy atom. The number of hydrogen-bond acceptors (Lipinski definition) is 9. The Balaban J connectivity index is 1.71. The van der Waals surface area contributed by atoms with Gasteiger partial charge >= 0.3 is 5.97 Å². The minimum atomic E-state index is -2.47. The molecule has 2 amide bonds. The maximum atomic E-state index is 13.5. The number of rotatable bonds is 26. The van der Waals surface area contributed by atoms with Crippen LogP contribution in [0.5, 0.6) is 0 Å². The number of carbonyl (C=O) groups excluding carboxylic acids is 3. The molecule has 0 radical (unpaired) electrons. The number of carbonyl (C=O) groups is 3. The molecule has 0 aromatic heterocycles. The first kappa shape index (κ1) is 56.4. The van der Waals surface area contributed by atoms with E-state index in [0.29, 0.717) is 65.8 Å². The summed E-state index contributed by atoms with van der Waals surface area (Å²) < 4.78 is 40.8. The van der Waals surface area contributed by atoms with Crippen molar-refractivity contribution in [3.8, 4) is 0 Å². The minimum absolute atomic E-state index is 0.0728. The fourth-order valence-electron chi connectivity index (χ4n) is 11.4. The summed E-state index contributed by atoms with van der Waals surface area (Å²) in [7, 11) is -4.48. The molecule has 3 saturated heterocycles. The van der Waals surface area contributed by atoms with Gasteiger partial charge in [0.05, 0.1) is 25.4 Å². The summed E-state index contributed by atoms with van der Waals surface area (Å²) in [6.45, 7) is 39.6. The van der Waals surface area contributed by atoms with Crippen molar-refractivity contribution in [1.82, 2.24) is 10.6 Å². The highest BCUT2D eigenvalue weighted by molar-refractivity contribution is 6.78. The zero-order valence-corrected chi connectivity index (χ0v) is 45.5. The highest BCUT2D eigenvalue weighted by atomic mass is 28.4. The highest BCUT2D eigenvalue weighted by Gasteiger charge is 2.56. The summed E-state index contributed by atoms with van der Waals surface area (Å²) in [5.74, 6) is -1.02. The van der Waals surface area contributed by atoms with Gasteiger partial charge in [0.25, 0.3) is 0 Å². The maximum Gasteiger partial charge on any atom is 0.330 e. The topological polar surface area (TPSA) is 131 Å². The zero-order valence-electron chi connectivity index (χ0n) is 43.5. The van der Waals surface area contributed by atoms with E-state index >= 15 is 0 Å². The van der Waals surface area contributed by atoms with E-state index in [2.05, 4.69) is 120 Å². The van der Waals surface area contributed by atoms with Crippen LogP contribution in [0.15, 0.2) is 23.8 Å². The van der Waals surface area contributed by atoms with Gasteiger partial charge in [-0.15, -0.1) is 0 Å². The van der Waals surface area contributed by atoms with Crippen LogP contribution < -0.4 is 10.6 Å². The lowest BCUT2D eigenvalue weighted by Gasteiger charge is -2.48. The normalized spacial score (nSPS) is 24.8. The predicted molar refractivity (Wildman–Crippen MR) is 264 cm³/mol. The van der Waals surface area contributed by atoms with Crippen LogP contribution in [0, 0.1) is 11.8 Å². The second-order valence-corrected chi connectivity index (χ2v) is 32.6. The number of nitrogens with one attached hydrogen (secondary N) is 2. The van der Waals surface area contributed by atoms with Crippen LogP contribution in [0.3, 0.4) is 0 Å². The van der Waals surface area contributed by atoms with Crippen LogP contribution in [0.2, 0.25) is 33.2 Å². The maximum absolute atomic E-state index is 13.5. The van der Waals surface area contributed by atoms with E-state index in [1.807, 2.05) is 20.8 Å². The fourth-order valence-corrected chi connectivity index (χ4v) is 22.7. The molecule has 3 aliphatic heterocycles. The summed E-state index contributed by atoms with van der Waals surface area (Å²) in [6.07, 6.45) is 11.7. The molecule has 0 bridgehead atoms. The van der Waals surface area contributed by atoms with Gasteiger partial charge in [-0.3, -0.25) is 9.59 Å². The Morgan fingerprint density at radius 3 is 1.92 bits per heavy atom. The Morgan fingerprint density at radius 2 is 1.34 bits per heavy atom. The van der Waals surface area contributed by atoms with Crippen molar-refractivity contribution >= 4 is 34.4 Å². The molecule has 3 fully saturated rings. The number of amides is 2. The summed E-state index contributed by atoms with van der Waals surface area (Å²) in [4.78, 5) is 37.8. The second kappa shape index (κ2) is 25.5. The smallest absolute Gasteiger partial charge is 0.330 e. The molecule has 3 rings (SSSR count). The van der Waals surface area contributed by atoms with E-state index in [1.54, 1.807) is 6.08 Å². The van der Waals surface area contributed by atoms with Gasteiger partial charge in [-0.1, -0.05) is 121 Å². The Bertz CT molecular complexity index is 1480. The molecule has 11 nitrogen and oxygen atoms in total. The van der Waals surface area contributed by atoms with Crippen molar-refractivity contribution in [3.63, 3.8) is 0 Å². The number of allylic oxidation sites excluding steroid dienone is 1. The van der Waals surface area contributed by atoms with Crippen molar-refractivity contribution in [3.05, 3.63) is 23.8 Å². The van der Waals surface area contributed by atoms with E-state index in [0.717, 1.165) is 50.5 Å². The lowest BCUT2D eigenvalue weighted by atomic mass is 9.86. The Kier molecular flexibility index (Phi) is 22.5. The first-order chi connectivity index (χ1) is 29.9. The molecule has 0 unspecified atom stereocenters. The van der Waals surface area contributed by atoms with E-state index in [9.17, 15) is 14.4 Å². The van der Waals surface area contributed by atoms with Crippen LogP contribution in [-0.4, -0.2) is 96.5 Å². The molecule has 64 heavy (non-hydrogen) atoms. The largest absolute Gasteiger partial charge is 0.463 e. The molecule has 370 valence electrons. The lowest BCUT2D eigenvalue weighted by Crippen LogP contribution is -2.59. The van der Waals surface area contributed by atoms with E-state index < -0.39 is 46.8 Å². The molecular formula is C51H94N2O9Si2. The Hall–Kier alpha value is -1.88. The predicted octanol–water partition coefficient (Wildman–Crippen LogP) is 11.5. The summed E-state index contributed by atoms with van der Waals surface area (Å²) in [6, 6.07) is -0.411. The van der Waals surface area contributed by atoms with Crippen LogP contribution in [-0.2, 0) is 42.2 Å². The lowest BCUT2D eigenvalue weighted by molar-refractivity contribution is -0.164. The first-order valence-corrected chi connectivity index (χ1v) is 29.6. The number of fused-ring (bicyclic) bond motifs is 1. The fraction of sp³-hybridized carbons (Fsp3) is 0.863. The average molecular weight is 935 g/mol. The van der Waals surface area contributed by atoms with Gasteiger partial charge in [0.15, 0.2) is 5.79 Å². The van der Waals surface area contributed by atoms with Crippen molar-refractivity contribution < 1.29 is 42.2 Å². The first-order valence-electron chi connectivity index (χ1n) is 25.3. The molecule has 0 aromatic carbocycles. The third-order valence-corrected chi connectivity index (χ3v) is 27.0. The van der Waals surface area contributed by atoms with Crippen LogP contribution in [0.25, 0.3) is 0 Å². The highest BCUT2D eigenvalue weighted by Crippen LogP contribution is 2.48. The minimum Gasteiger partial charge on any atom is -0.463 e. The molecule has 0 aliphatic carbocycles. The molecule has 2 N–H and O–H groups in total. The summed E-state index contributed by atoms with van der Waals surface area (Å²) in [5.41, 5.74) is 3.33. The van der Waals surface area contributed by atoms with Crippen molar-refractivity contribution in [1.29, 1.82) is 0 Å².